The first kappa shape index (κ1) is 40.5. The Kier molecular flexibility index (Phi) is 10.4. The summed E-state index contributed by atoms with van der Waals surface area (Å²) in [7, 11) is 0. The van der Waals surface area contributed by atoms with Gasteiger partial charge in [-0.05, 0) is 0 Å². The second kappa shape index (κ2) is 10.3. The van der Waals surface area contributed by atoms with Crippen LogP contribution in [0.5, 0.6) is 0 Å². The molecule has 0 aliphatic rings. The number of hydrogen-bond donors (Lipinski definition) is 0. The molecule has 0 aromatic heterocycles. The quantitative estimate of drug-likeness (QED) is 0.302. The molecule has 1 heteroatoms. The topological polar surface area (TPSA) is 0 Å². The van der Waals surface area contributed by atoms with Crippen molar-refractivity contribution in [1.82, 2.24) is 0 Å². The third-order valence-corrected chi connectivity index (χ3v) is 21.9. The van der Waals surface area contributed by atoms with Crippen molar-refractivity contribution in [3.05, 3.63) is 0 Å². The first-order chi connectivity index (χ1) is 16.6. The summed E-state index contributed by atoms with van der Waals surface area (Å²) >= 11 is -1.86. The van der Waals surface area contributed by atoms with E-state index in [4.69, 9.17) is 0 Å². The van der Waals surface area contributed by atoms with Crippen LogP contribution in [0.2, 0.25) is 12.8 Å². The van der Waals surface area contributed by atoms with Gasteiger partial charge in [-0.2, -0.15) is 0 Å². The van der Waals surface area contributed by atoms with Crippen molar-refractivity contribution in [3.63, 3.8) is 0 Å². The normalized spacial score (nSPS) is 17.1. The van der Waals surface area contributed by atoms with Gasteiger partial charge in [0.25, 0.3) is 0 Å². The molecule has 0 aliphatic carbocycles. The molecule has 0 saturated heterocycles. The molecule has 0 bridgehead atoms. The van der Waals surface area contributed by atoms with Crippen LogP contribution in [-0.4, -0.2) is 0 Å². The number of hydrogen-bond acceptors (Lipinski definition) is 0. The van der Waals surface area contributed by atoms with Crippen LogP contribution in [0, 0.1) is 48.7 Å². The Labute approximate surface area is 261 Å². The molecule has 0 aromatic carbocycles. The van der Waals surface area contributed by atoms with E-state index in [-0.39, 0.29) is 61.6 Å². The first-order valence-electron chi connectivity index (χ1n) is 16.4. The number of rotatable bonds is 3. The van der Waals surface area contributed by atoms with Crippen molar-refractivity contribution in [2.45, 2.75) is 200 Å². The van der Waals surface area contributed by atoms with Gasteiger partial charge in [0.05, 0.1) is 0 Å². The summed E-state index contributed by atoms with van der Waals surface area (Å²) in [6.07, 6.45) is 0. The maximum absolute atomic E-state index is 2.62. The average molecular weight is 602 g/mol. The molecular weight excluding hydrogens is 520 g/mol. The Morgan fingerprint density at radius 1 is 0.175 bits per heavy atom. The SMILES string of the molecule is CC(C)(C)[C]([Cr]([C](C(C)(C)C)(C(C)(C)C)C(C)(C)C)[C](C(C)(C)C)(C(C)(C)C)C(C)(C)C)(C(C)(C)C)C(C)(C)C. The maximum atomic E-state index is 2.62. The second-order valence-electron chi connectivity index (χ2n) is 22.6. The first-order valence-corrected chi connectivity index (χ1v) is 18.3. The van der Waals surface area contributed by atoms with Gasteiger partial charge in [-0.1, -0.05) is 0 Å². The monoisotopic (exact) mass is 602 g/mol. The molecule has 243 valence electrons. The Morgan fingerprint density at radius 3 is 0.300 bits per heavy atom. The van der Waals surface area contributed by atoms with Gasteiger partial charge in [-0.25, -0.2) is 0 Å². The van der Waals surface area contributed by atoms with Crippen LogP contribution in [-0.2, 0) is 14.1 Å². The predicted octanol–water partition coefficient (Wildman–Crippen LogP) is 14.5. The Morgan fingerprint density at radius 2 is 0.250 bits per heavy atom. The fraction of sp³-hybridized carbons (Fsp3) is 1.00. The molecule has 0 aliphatic heterocycles. The third-order valence-electron chi connectivity index (χ3n) is 10.4. The van der Waals surface area contributed by atoms with Crippen molar-refractivity contribution < 1.29 is 14.1 Å². The molecule has 0 heterocycles. The Balaban J connectivity index is 10.1. The molecular formula is C39H81Cr. The minimum absolute atomic E-state index is 0.0642. The van der Waals surface area contributed by atoms with E-state index in [0.29, 0.717) is 0 Å². The van der Waals surface area contributed by atoms with E-state index in [1.165, 1.54) is 0 Å². The zero-order chi connectivity index (χ0) is 33.6. The van der Waals surface area contributed by atoms with Crippen LogP contribution in [0.25, 0.3) is 0 Å². The van der Waals surface area contributed by atoms with E-state index in [2.05, 4.69) is 187 Å². The van der Waals surface area contributed by atoms with E-state index in [1.807, 2.05) is 0 Å². The molecule has 0 saturated carbocycles. The predicted molar refractivity (Wildman–Crippen MR) is 183 cm³/mol. The Hall–Kier alpha value is 0.532. The van der Waals surface area contributed by atoms with Crippen LogP contribution in [0.4, 0.5) is 0 Å². The van der Waals surface area contributed by atoms with Crippen LogP contribution < -0.4 is 0 Å². The van der Waals surface area contributed by atoms with Gasteiger partial charge in [0.1, 0.15) is 0 Å². The van der Waals surface area contributed by atoms with Crippen molar-refractivity contribution in [3.8, 4) is 0 Å². The van der Waals surface area contributed by atoms with Crippen LogP contribution >= 0.6 is 0 Å². The molecule has 0 rings (SSSR count). The average Bonchev–Trinajstić information content (AvgIpc) is 2.41. The third kappa shape index (κ3) is 5.48. The molecule has 0 spiro atoms. The summed E-state index contributed by atoms with van der Waals surface area (Å²) in [5.74, 6) is 0. The molecule has 0 radical (unpaired) electrons. The van der Waals surface area contributed by atoms with Crippen LogP contribution in [0.15, 0.2) is 0 Å². The molecule has 0 fully saturated rings. The summed E-state index contributed by atoms with van der Waals surface area (Å²) in [6, 6.07) is 0. The van der Waals surface area contributed by atoms with Crippen molar-refractivity contribution in [1.29, 1.82) is 0 Å². The summed E-state index contributed by atoms with van der Waals surface area (Å²) in [6.45, 7) is 70.8. The van der Waals surface area contributed by atoms with Crippen LogP contribution in [0.1, 0.15) is 187 Å². The summed E-state index contributed by atoms with van der Waals surface area (Å²) in [5, 5.41) is 0. The van der Waals surface area contributed by atoms with Crippen molar-refractivity contribution >= 4 is 0 Å². The minimum atomic E-state index is -1.86. The van der Waals surface area contributed by atoms with Gasteiger partial charge in [0.15, 0.2) is 0 Å². The molecule has 0 amide bonds. The molecule has 0 nitrogen and oxygen atoms in total. The van der Waals surface area contributed by atoms with Crippen molar-refractivity contribution in [2.24, 2.45) is 48.7 Å². The van der Waals surface area contributed by atoms with Crippen LogP contribution in [0.3, 0.4) is 0 Å². The van der Waals surface area contributed by atoms with Gasteiger partial charge in [0.2, 0.25) is 0 Å². The zero-order valence-corrected chi connectivity index (χ0v) is 34.7. The molecule has 0 unspecified atom stereocenters. The summed E-state index contributed by atoms with van der Waals surface area (Å²) < 4.78 is 0.192. The van der Waals surface area contributed by atoms with E-state index < -0.39 is 14.1 Å². The Bertz CT molecular complexity index is 622. The van der Waals surface area contributed by atoms with Gasteiger partial charge >= 0.3 is 263 Å². The fourth-order valence-electron chi connectivity index (χ4n) is 13.6. The van der Waals surface area contributed by atoms with E-state index in [1.54, 1.807) is 0 Å². The van der Waals surface area contributed by atoms with E-state index >= 15 is 0 Å². The van der Waals surface area contributed by atoms with Gasteiger partial charge in [0, 0.05) is 0 Å². The van der Waals surface area contributed by atoms with E-state index in [0.717, 1.165) is 0 Å². The van der Waals surface area contributed by atoms with E-state index in [9.17, 15) is 0 Å². The molecule has 0 atom stereocenters. The molecule has 40 heavy (non-hydrogen) atoms. The summed E-state index contributed by atoms with van der Waals surface area (Å²) in [4.78, 5) is 0. The van der Waals surface area contributed by atoms with Gasteiger partial charge in [-0.15, -0.1) is 0 Å². The summed E-state index contributed by atoms with van der Waals surface area (Å²) in [5.41, 5.74) is 0.698. The second-order valence-corrected chi connectivity index (χ2v) is 26.4. The molecule has 0 aromatic rings. The van der Waals surface area contributed by atoms with Gasteiger partial charge < -0.3 is 0 Å². The van der Waals surface area contributed by atoms with Gasteiger partial charge in [-0.3, -0.25) is 0 Å². The fourth-order valence-corrected chi connectivity index (χ4v) is 24.3. The van der Waals surface area contributed by atoms with Crippen molar-refractivity contribution in [2.75, 3.05) is 0 Å². The molecule has 0 N–H and O–H groups in total. The zero-order valence-electron chi connectivity index (χ0n) is 33.4. The standard InChI is InChI=1S/3C13H27.Cr/c3*1-11(2,3)10(12(4,5)6)13(7,8)9;/h3*1-9H3;.